The molecule has 8 nitrogen and oxygen atoms in total. The van der Waals surface area contributed by atoms with Crippen LogP contribution in [0, 0.1) is 6.92 Å². The Balaban J connectivity index is 1.54. The average molecular weight is 372 g/mol. The number of hydrogen-bond acceptors (Lipinski definition) is 6. The highest BCUT2D eigenvalue weighted by atomic mass is 16.6. The van der Waals surface area contributed by atoms with Crippen LogP contribution in [0.3, 0.4) is 0 Å². The fourth-order valence-corrected chi connectivity index (χ4v) is 3.18. The van der Waals surface area contributed by atoms with E-state index >= 15 is 0 Å². The molecule has 0 bridgehead atoms. The molecule has 27 heavy (non-hydrogen) atoms. The normalized spacial score (nSPS) is 17.5. The van der Waals surface area contributed by atoms with Crippen LogP contribution >= 0.6 is 0 Å². The number of nitrogens with zero attached hydrogens (tertiary/aromatic N) is 3. The smallest absolute Gasteiger partial charge is 0.226 e. The molecule has 8 heteroatoms. The van der Waals surface area contributed by atoms with E-state index in [1.54, 1.807) is 14.0 Å². The van der Waals surface area contributed by atoms with Gasteiger partial charge in [-0.2, -0.15) is 0 Å². The molecule has 1 aromatic carbocycles. The molecule has 1 aliphatic rings. The van der Waals surface area contributed by atoms with Crippen molar-refractivity contribution in [2.75, 3.05) is 13.7 Å². The highest BCUT2D eigenvalue weighted by Crippen LogP contribution is 2.18. The molecular weight excluding hydrogens is 348 g/mol. The van der Waals surface area contributed by atoms with Crippen molar-refractivity contribution in [3.8, 4) is 5.75 Å². The summed E-state index contributed by atoms with van der Waals surface area (Å²) in [4.78, 5) is 26.5. The lowest BCUT2D eigenvalue weighted by Gasteiger charge is -2.21. The minimum absolute atomic E-state index is 0.0306. The van der Waals surface area contributed by atoms with Gasteiger partial charge < -0.3 is 15.0 Å². The van der Waals surface area contributed by atoms with E-state index in [-0.39, 0.29) is 24.3 Å². The van der Waals surface area contributed by atoms with Crippen LogP contribution in [-0.4, -0.2) is 46.7 Å². The summed E-state index contributed by atoms with van der Waals surface area (Å²) in [5.41, 5.74) is 2.18. The van der Waals surface area contributed by atoms with Crippen molar-refractivity contribution in [3.63, 3.8) is 0 Å². The lowest BCUT2D eigenvalue weighted by molar-refractivity contribution is -0.131. The highest BCUT2D eigenvalue weighted by Gasteiger charge is 2.24. The molecule has 1 atom stereocenters. The first-order chi connectivity index (χ1) is 13.0. The van der Waals surface area contributed by atoms with Crippen LogP contribution in [0.25, 0.3) is 0 Å². The highest BCUT2D eigenvalue weighted by molar-refractivity contribution is 5.79. The number of carbonyl (C=O) groups is 2. The minimum atomic E-state index is -0.132. The second-order valence-corrected chi connectivity index (χ2v) is 6.73. The number of nitrogens with one attached hydrogen (secondary N) is 1. The average Bonchev–Trinajstić information content (AvgIpc) is 2.98. The molecule has 0 radical (unpaired) electrons. The predicted molar refractivity (Wildman–Crippen MR) is 96.9 cm³/mol. The Morgan fingerprint density at radius 2 is 2.22 bits per heavy atom. The van der Waals surface area contributed by atoms with E-state index in [9.17, 15) is 9.59 Å². The molecule has 3 rings (SSSR count). The number of ether oxygens (including phenoxy) is 1. The van der Waals surface area contributed by atoms with Gasteiger partial charge in [0, 0.05) is 25.6 Å². The molecule has 2 aromatic rings. The zero-order chi connectivity index (χ0) is 19.2. The molecule has 2 heterocycles. The predicted octanol–water partition coefficient (Wildman–Crippen LogP) is 1.63. The van der Waals surface area contributed by atoms with Crippen molar-refractivity contribution in [1.82, 2.24) is 20.5 Å². The van der Waals surface area contributed by atoms with Crippen LogP contribution in [0.2, 0.25) is 0 Å². The van der Waals surface area contributed by atoms with Gasteiger partial charge in [0.1, 0.15) is 17.1 Å². The summed E-state index contributed by atoms with van der Waals surface area (Å²) in [5, 5.41) is 10.4. The number of hydrogen-bond donors (Lipinski definition) is 1. The quantitative estimate of drug-likeness (QED) is 0.828. The first kappa shape index (κ1) is 18.9. The first-order valence-corrected chi connectivity index (χ1v) is 9.03. The Morgan fingerprint density at radius 3 is 2.96 bits per heavy atom. The summed E-state index contributed by atoms with van der Waals surface area (Å²) in [7, 11) is 1.63. The standard InChI is InChI=1S/C19H24N4O4/c1-13-17(22-27-21-13)11-18(24)20-15-6-7-19(25)23(9-8-15)12-14-4-3-5-16(10-14)26-2/h3-5,10,15H,6-9,11-12H2,1-2H3,(H,20,24). The van der Waals surface area contributed by atoms with E-state index in [4.69, 9.17) is 4.74 Å². The molecule has 1 fully saturated rings. The molecule has 1 unspecified atom stereocenters. The van der Waals surface area contributed by atoms with E-state index in [0.29, 0.717) is 37.3 Å². The van der Waals surface area contributed by atoms with Crippen molar-refractivity contribution < 1.29 is 19.0 Å². The number of benzene rings is 1. The number of methoxy groups -OCH3 is 1. The fourth-order valence-electron chi connectivity index (χ4n) is 3.18. The first-order valence-electron chi connectivity index (χ1n) is 9.03. The number of amides is 2. The summed E-state index contributed by atoms with van der Waals surface area (Å²) in [5.74, 6) is 0.746. The van der Waals surface area contributed by atoms with E-state index in [0.717, 1.165) is 17.7 Å². The third-order valence-corrected chi connectivity index (χ3v) is 4.75. The zero-order valence-corrected chi connectivity index (χ0v) is 15.6. The van der Waals surface area contributed by atoms with E-state index in [1.165, 1.54) is 0 Å². The Hall–Kier alpha value is -2.90. The molecule has 0 spiro atoms. The van der Waals surface area contributed by atoms with Crippen LogP contribution in [0.5, 0.6) is 5.75 Å². The van der Waals surface area contributed by atoms with Gasteiger partial charge in [0.15, 0.2) is 0 Å². The maximum absolute atomic E-state index is 12.5. The summed E-state index contributed by atoms with van der Waals surface area (Å²) in [6.45, 7) is 2.89. The van der Waals surface area contributed by atoms with Gasteiger partial charge in [-0.25, -0.2) is 4.63 Å². The molecule has 2 amide bonds. The second-order valence-electron chi connectivity index (χ2n) is 6.73. The third kappa shape index (κ3) is 5.06. The maximum Gasteiger partial charge on any atom is 0.226 e. The summed E-state index contributed by atoms with van der Waals surface area (Å²) in [6.07, 6.45) is 1.90. The number of rotatable bonds is 6. The Bertz CT molecular complexity index is 805. The van der Waals surface area contributed by atoms with Gasteiger partial charge in [-0.15, -0.1) is 0 Å². The minimum Gasteiger partial charge on any atom is -0.497 e. The van der Waals surface area contributed by atoms with E-state index in [2.05, 4.69) is 20.3 Å². The van der Waals surface area contributed by atoms with Crippen LogP contribution < -0.4 is 10.1 Å². The zero-order valence-electron chi connectivity index (χ0n) is 15.6. The number of aromatic nitrogens is 2. The molecule has 1 N–H and O–H groups in total. The topological polar surface area (TPSA) is 97.6 Å². The van der Waals surface area contributed by atoms with Gasteiger partial charge in [0.25, 0.3) is 0 Å². The van der Waals surface area contributed by atoms with Gasteiger partial charge in [-0.1, -0.05) is 22.4 Å². The van der Waals surface area contributed by atoms with E-state index < -0.39 is 0 Å². The summed E-state index contributed by atoms with van der Waals surface area (Å²) in [6, 6.07) is 7.68. The summed E-state index contributed by atoms with van der Waals surface area (Å²) < 4.78 is 9.86. The fraction of sp³-hybridized carbons (Fsp3) is 0.474. The molecule has 0 saturated carbocycles. The van der Waals surface area contributed by atoms with Crippen LogP contribution in [0.1, 0.15) is 36.2 Å². The largest absolute Gasteiger partial charge is 0.497 e. The Labute approximate surface area is 157 Å². The molecular formula is C19H24N4O4. The molecule has 1 saturated heterocycles. The van der Waals surface area contributed by atoms with Gasteiger partial charge in [0.2, 0.25) is 11.8 Å². The second kappa shape index (κ2) is 8.66. The maximum atomic E-state index is 12.5. The Morgan fingerprint density at radius 1 is 1.37 bits per heavy atom. The van der Waals surface area contributed by atoms with Crippen LogP contribution in [-0.2, 0) is 22.6 Å². The van der Waals surface area contributed by atoms with Crippen LogP contribution in [0.4, 0.5) is 0 Å². The molecule has 0 aliphatic carbocycles. The van der Waals surface area contributed by atoms with Crippen molar-refractivity contribution >= 4 is 11.8 Å². The SMILES string of the molecule is COc1cccc(CN2CCC(NC(=O)Cc3nonc3C)CCC2=O)c1. The monoisotopic (exact) mass is 372 g/mol. The lowest BCUT2D eigenvalue weighted by atomic mass is 10.1. The summed E-state index contributed by atoms with van der Waals surface area (Å²) >= 11 is 0. The molecule has 144 valence electrons. The van der Waals surface area contributed by atoms with Crippen molar-refractivity contribution in [2.45, 2.75) is 45.2 Å². The van der Waals surface area contributed by atoms with Gasteiger partial charge >= 0.3 is 0 Å². The van der Waals surface area contributed by atoms with Crippen LogP contribution in [0.15, 0.2) is 28.9 Å². The number of aryl methyl sites for hydroxylation is 1. The third-order valence-electron chi connectivity index (χ3n) is 4.75. The molecule has 1 aromatic heterocycles. The van der Waals surface area contributed by atoms with E-state index in [1.807, 2.05) is 29.2 Å². The van der Waals surface area contributed by atoms with Gasteiger partial charge in [-0.3, -0.25) is 9.59 Å². The van der Waals surface area contributed by atoms with Crippen molar-refractivity contribution in [3.05, 3.63) is 41.2 Å². The lowest BCUT2D eigenvalue weighted by Crippen LogP contribution is -2.37. The van der Waals surface area contributed by atoms with Crippen molar-refractivity contribution in [1.29, 1.82) is 0 Å². The Kier molecular flexibility index (Phi) is 6.05. The number of carbonyl (C=O) groups excluding carboxylic acids is 2. The number of likely N-dealkylation sites (tertiary alicyclic amines) is 1. The molecule has 1 aliphatic heterocycles. The van der Waals surface area contributed by atoms with Gasteiger partial charge in [0.05, 0.1) is 13.5 Å². The van der Waals surface area contributed by atoms with Crippen molar-refractivity contribution in [2.24, 2.45) is 0 Å². The van der Waals surface area contributed by atoms with Gasteiger partial charge in [-0.05, 0) is 37.5 Å².